The lowest BCUT2D eigenvalue weighted by Gasteiger charge is -2.13. The third-order valence-corrected chi connectivity index (χ3v) is 4.71. The van der Waals surface area contributed by atoms with E-state index in [1.807, 2.05) is 18.2 Å². The minimum atomic E-state index is -0.0954. The molecule has 6 heteroatoms. The van der Waals surface area contributed by atoms with Crippen molar-refractivity contribution in [2.24, 2.45) is 0 Å². The fourth-order valence-electron chi connectivity index (χ4n) is 3.10. The molecule has 0 unspecified atom stereocenters. The van der Waals surface area contributed by atoms with E-state index in [-0.39, 0.29) is 5.91 Å². The molecule has 2 aromatic carbocycles. The van der Waals surface area contributed by atoms with Crippen LogP contribution in [0.3, 0.4) is 0 Å². The van der Waals surface area contributed by atoms with E-state index in [9.17, 15) is 4.79 Å². The van der Waals surface area contributed by atoms with Gasteiger partial charge in [0.05, 0.1) is 11.0 Å². The summed E-state index contributed by atoms with van der Waals surface area (Å²) < 4.78 is 2.27. The predicted octanol–water partition coefficient (Wildman–Crippen LogP) is 3.61. The largest absolute Gasteiger partial charge is 0.352 e. The summed E-state index contributed by atoms with van der Waals surface area (Å²) >= 11 is 5.87. The summed E-state index contributed by atoms with van der Waals surface area (Å²) in [5, 5.41) is 3.59. The van der Waals surface area contributed by atoms with Crippen molar-refractivity contribution in [1.29, 1.82) is 0 Å². The molecule has 142 valence electrons. The maximum atomic E-state index is 12.3. The number of para-hydroxylation sites is 2. The van der Waals surface area contributed by atoms with Gasteiger partial charge in [0.2, 0.25) is 0 Å². The van der Waals surface area contributed by atoms with Crippen molar-refractivity contribution in [1.82, 2.24) is 19.8 Å². The van der Waals surface area contributed by atoms with Crippen molar-refractivity contribution >= 4 is 28.5 Å². The lowest BCUT2D eigenvalue weighted by Crippen LogP contribution is -2.26. The van der Waals surface area contributed by atoms with E-state index in [0.29, 0.717) is 23.6 Å². The lowest BCUT2D eigenvalue weighted by atomic mass is 10.2. The zero-order valence-corrected chi connectivity index (χ0v) is 16.5. The first kappa shape index (κ1) is 19.4. The number of amides is 1. The quantitative estimate of drug-likeness (QED) is 0.645. The number of carbonyl (C=O) groups is 1. The third kappa shape index (κ3) is 5.08. The molecule has 0 aliphatic carbocycles. The second-order valence-electron chi connectivity index (χ2n) is 6.84. The zero-order valence-electron chi connectivity index (χ0n) is 15.8. The van der Waals surface area contributed by atoms with Crippen LogP contribution in [0.15, 0.2) is 48.5 Å². The van der Waals surface area contributed by atoms with E-state index in [0.717, 1.165) is 36.4 Å². The molecule has 0 saturated heterocycles. The SMILES string of the molecule is CN(C)CCCn1c(CCNC(=O)c2ccc(Cl)cc2)nc2ccccc21. The molecule has 0 atom stereocenters. The second kappa shape index (κ2) is 9.02. The summed E-state index contributed by atoms with van der Waals surface area (Å²) in [5.41, 5.74) is 2.76. The highest BCUT2D eigenvalue weighted by Gasteiger charge is 2.11. The summed E-state index contributed by atoms with van der Waals surface area (Å²) in [6, 6.07) is 15.1. The van der Waals surface area contributed by atoms with Crippen LogP contribution in [0, 0.1) is 0 Å². The summed E-state index contributed by atoms with van der Waals surface area (Å²) in [6.45, 7) is 2.48. The molecular weight excluding hydrogens is 360 g/mol. The number of nitrogens with zero attached hydrogens (tertiary/aromatic N) is 3. The lowest BCUT2D eigenvalue weighted by molar-refractivity contribution is 0.0954. The molecule has 0 aliphatic heterocycles. The molecule has 3 rings (SSSR count). The predicted molar refractivity (Wildman–Crippen MR) is 110 cm³/mol. The van der Waals surface area contributed by atoms with Crippen molar-refractivity contribution in [3.05, 3.63) is 64.9 Å². The Morgan fingerprint density at radius 1 is 1.15 bits per heavy atom. The standard InChI is InChI=1S/C21H25ClN4O/c1-25(2)14-5-15-26-19-7-4-3-6-18(19)24-20(26)12-13-23-21(27)16-8-10-17(22)11-9-16/h3-4,6-11H,5,12-15H2,1-2H3,(H,23,27). The zero-order chi connectivity index (χ0) is 19.2. The Balaban J connectivity index is 1.66. The number of hydrogen-bond acceptors (Lipinski definition) is 3. The average Bonchev–Trinajstić information content (AvgIpc) is 3.00. The van der Waals surface area contributed by atoms with Gasteiger partial charge in [0, 0.05) is 30.1 Å². The molecule has 0 bridgehead atoms. The molecule has 27 heavy (non-hydrogen) atoms. The molecule has 0 radical (unpaired) electrons. The number of fused-ring (bicyclic) bond motifs is 1. The Kier molecular flexibility index (Phi) is 6.48. The number of aromatic nitrogens is 2. The molecule has 0 aliphatic rings. The highest BCUT2D eigenvalue weighted by atomic mass is 35.5. The van der Waals surface area contributed by atoms with E-state index in [1.165, 1.54) is 0 Å². The second-order valence-corrected chi connectivity index (χ2v) is 7.27. The number of imidazole rings is 1. The molecule has 1 N–H and O–H groups in total. The van der Waals surface area contributed by atoms with Crippen molar-refractivity contribution in [2.45, 2.75) is 19.4 Å². The molecule has 0 fully saturated rings. The third-order valence-electron chi connectivity index (χ3n) is 4.46. The Morgan fingerprint density at radius 3 is 2.63 bits per heavy atom. The Hall–Kier alpha value is -2.37. The fraction of sp³-hybridized carbons (Fsp3) is 0.333. The first-order chi connectivity index (χ1) is 13.0. The normalized spacial score (nSPS) is 11.3. The van der Waals surface area contributed by atoms with Gasteiger partial charge in [-0.05, 0) is 63.5 Å². The monoisotopic (exact) mass is 384 g/mol. The van der Waals surface area contributed by atoms with Crippen molar-refractivity contribution in [3.8, 4) is 0 Å². The Morgan fingerprint density at radius 2 is 1.89 bits per heavy atom. The number of halogens is 1. The van der Waals surface area contributed by atoms with Crippen LogP contribution in [0.4, 0.5) is 0 Å². The fourth-order valence-corrected chi connectivity index (χ4v) is 3.23. The van der Waals surface area contributed by atoms with Crippen LogP contribution < -0.4 is 5.32 Å². The van der Waals surface area contributed by atoms with Gasteiger partial charge in [0.1, 0.15) is 5.82 Å². The number of aryl methyl sites for hydroxylation is 1. The van der Waals surface area contributed by atoms with Gasteiger partial charge in [-0.1, -0.05) is 23.7 Å². The smallest absolute Gasteiger partial charge is 0.251 e. The number of carbonyl (C=O) groups excluding carboxylic acids is 1. The van der Waals surface area contributed by atoms with E-state index in [4.69, 9.17) is 16.6 Å². The molecule has 3 aromatic rings. The van der Waals surface area contributed by atoms with Crippen LogP contribution in [0.5, 0.6) is 0 Å². The highest BCUT2D eigenvalue weighted by Crippen LogP contribution is 2.17. The van der Waals surface area contributed by atoms with Crippen LogP contribution in [-0.2, 0) is 13.0 Å². The van der Waals surface area contributed by atoms with Gasteiger partial charge in [-0.3, -0.25) is 4.79 Å². The van der Waals surface area contributed by atoms with Crippen LogP contribution in [0.25, 0.3) is 11.0 Å². The van der Waals surface area contributed by atoms with Crippen LogP contribution in [0.2, 0.25) is 5.02 Å². The highest BCUT2D eigenvalue weighted by molar-refractivity contribution is 6.30. The van der Waals surface area contributed by atoms with Crippen molar-refractivity contribution < 1.29 is 4.79 Å². The molecule has 0 saturated carbocycles. The van der Waals surface area contributed by atoms with Crippen molar-refractivity contribution in [2.75, 3.05) is 27.2 Å². The number of hydrogen-bond donors (Lipinski definition) is 1. The summed E-state index contributed by atoms with van der Waals surface area (Å²) in [4.78, 5) is 19.2. The summed E-state index contributed by atoms with van der Waals surface area (Å²) in [6.07, 6.45) is 1.74. The van der Waals surface area contributed by atoms with Gasteiger partial charge in [-0.25, -0.2) is 4.98 Å². The summed E-state index contributed by atoms with van der Waals surface area (Å²) in [7, 11) is 4.17. The Labute approximate surface area is 165 Å². The van der Waals surface area contributed by atoms with E-state index < -0.39 is 0 Å². The van der Waals surface area contributed by atoms with Gasteiger partial charge in [-0.15, -0.1) is 0 Å². The van der Waals surface area contributed by atoms with Crippen molar-refractivity contribution in [3.63, 3.8) is 0 Å². The van der Waals surface area contributed by atoms with Crippen LogP contribution in [-0.4, -0.2) is 47.5 Å². The molecule has 0 spiro atoms. The molecular formula is C21H25ClN4O. The van der Waals surface area contributed by atoms with Gasteiger partial charge < -0.3 is 14.8 Å². The first-order valence-electron chi connectivity index (χ1n) is 9.17. The average molecular weight is 385 g/mol. The van der Waals surface area contributed by atoms with Gasteiger partial charge >= 0.3 is 0 Å². The number of nitrogens with one attached hydrogen (secondary N) is 1. The van der Waals surface area contributed by atoms with Crippen LogP contribution in [0.1, 0.15) is 22.6 Å². The molecule has 1 heterocycles. The molecule has 1 amide bonds. The number of benzene rings is 2. The topological polar surface area (TPSA) is 50.2 Å². The summed E-state index contributed by atoms with van der Waals surface area (Å²) in [5.74, 6) is 0.910. The molecule has 1 aromatic heterocycles. The maximum absolute atomic E-state index is 12.3. The van der Waals surface area contributed by atoms with E-state index in [1.54, 1.807) is 24.3 Å². The van der Waals surface area contributed by atoms with Crippen LogP contribution >= 0.6 is 11.6 Å². The minimum absolute atomic E-state index is 0.0954. The molecule has 5 nitrogen and oxygen atoms in total. The Bertz CT molecular complexity index is 902. The number of rotatable bonds is 8. The van der Waals surface area contributed by atoms with Gasteiger partial charge in [0.15, 0.2) is 0 Å². The van der Waals surface area contributed by atoms with E-state index >= 15 is 0 Å². The first-order valence-corrected chi connectivity index (χ1v) is 9.55. The van der Waals surface area contributed by atoms with Gasteiger partial charge in [0.25, 0.3) is 5.91 Å². The van der Waals surface area contributed by atoms with Gasteiger partial charge in [-0.2, -0.15) is 0 Å². The minimum Gasteiger partial charge on any atom is -0.352 e. The van der Waals surface area contributed by atoms with E-state index in [2.05, 4.69) is 34.9 Å². The maximum Gasteiger partial charge on any atom is 0.251 e.